The number of halogens is 2. The van der Waals surface area contributed by atoms with E-state index < -0.39 is 10.0 Å². The lowest BCUT2D eigenvalue weighted by molar-refractivity contribution is -0.126. The van der Waals surface area contributed by atoms with Gasteiger partial charge < -0.3 is 5.32 Å². The zero-order valence-electron chi connectivity index (χ0n) is 18.9. The second kappa shape index (κ2) is 10.1. The maximum atomic E-state index is 13.0. The number of nitrogens with one attached hydrogen (secondary N) is 1. The third-order valence-corrected chi connectivity index (χ3v) is 8.59. The first-order valence-electron chi connectivity index (χ1n) is 10.8. The van der Waals surface area contributed by atoms with Crippen molar-refractivity contribution < 1.29 is 13.2 Å². The van der Waals surface area contributed by atoms with E-state index in [0.717, 1.165) is 11.1 Å². The Kier molecular flexibility index (Phi) is 7.92. The van der Waals surface area contributed by atoms with Crippen LogP contribution in [0.5, 0.6) is 0 Å². The Bertz CT molecular complexity index is 1120. The summed E-state index contributed by atoms with van der Waals surface area (Å²) in [5.41, 5.74) is 5.12. The van der Waals surface area contributed by atoms with Crippen LogP contribution in [0.1, 0.15) is 53.6 Å². The normalized spacial score (nSPS) is 18.4. The molecule has 1 heterocycles. The number of rotatable bonds is 6. The molecule has 174 valence electrons. The zero-order chi connectivity index (χ0) is 23.6. The third kappa shape index (κ3) is 5.84. The Labute approximate surface area is 201 Å². The van der Waals surface area contributed by atoms with Crippen LogP contribution in [0.25, 0.3) is 0 Å². The SMILES string of the molecule is Cc1cc(C)c([C@@H](C)NC(=O)[C@@H]2CCCN(S(=O)(=O)Cc3ccc(Cl)cc3Cl)C2)cc1C. The predicted molar refractivity (Wildman–Crippen MR) is 131 cm³/mol. The van der Waals surface area contributed by atoms with E-state index in [0.29, 0.717) is 35.0 Å². The number of amides is 1. The Morgan fingerprint density at radius 3 is 2.50 bits per heavy atom. The predicted octanol–water partition coefficient (Wildman–Crippen LogP) is 5.34. The molecule has 0 aliphatic carbocycles. The summed E-state index contributed by atoms with van der Waals surface area (Å²) in [5, 5.41) is 3.88. The van der Waals surface area contributed by atoms with Gasteiger partial charge in [-0.25, -0.2) is 12.7 Å². The molecule has 0 spiro atoms. The highest BCUT2D eigenvalue weighted by atomic mass is 35.5. The quantitative estimate of drug-likeness (QED) is 0.586. The molecule has 1 saturated heterocycles. The topological polar surface area (TPSA) is 66.5 Å². The molecular weight excluding hydrogens is 467 g/mol. The molecule has 3 rings (SSSR count). The van der Waals surface area contributed by atoms with Crippen molar-refractivity contribution in [1.29, 1.82) is 0 Å². The van der Waals surface area contributed by atoms with E-state index >= 15 is 0 Å². The molecule has 0 radical (unpaired) electrons. The average Bonchev–Trinajstić information content (AvgIpc) is 2.72. The van der Waals surface area contributed by atoms with E-state index in [1.54, 1.807) is 12.1 Å². The summed E-state index contributed by atoms with van der Waals surface area (Å²) < 4.78 is 27.5. The van der Waals surface area contributed by atoms with Crippen LogP contribution in [0.3, 0.4) is 0 Å². The molecule has 1 aliphatic rings. The van der Waals surface area contributed by atoms with Gasteiger partial charge in [-0.3, -0.25) is 4.79 Å². The van der Waals surface area contributed by atoms with Crippen molar-refractivity contribution in [2.75, 3.05) is 13.1 Å². The summed E-state index contributed by atoms with van der Waals surface area (Å²) in [4.78, 5) is 13.0. The third-order valence-electron chi connectivity index (χ3n) is 6.21. The monoisotopic (exact) mass is 496 g/mol. The largest absolute Gasteiger partial charge is 0.349 e. The zero-order valence-corrected chi connectivity index (χ0v) is 21.2. The first-order chi connectivity index (χ1) is 15.0. The molecule has 2 aromatic rings. The van der Waals surface area contributed by atoms with Gasteiger partial charge in [0.1, 0.15) is 0 Å². The molecule has 0 aromatic heterocycles. The van der Waals surface area contributed by atoms with E-state index in [2.05, 4.69) is 31.3 Å². The van der Waals surface area contributed by atoms with Crippen molar-refractivity contribution in [2.24, 2.45) is 5.92 Å². The summed E-state index contributed by atoms with van der Waals surface area (Å²) in [7, 11) is -3.61. The Hall–Kier alpha value is -1.60. The summed E-state index contributed by atoms with van der Waals surface area (Å²) in [6, 6.07) is 8.89. The van der Waals surface area contributed by atoms with E-state index in [-0.39, 0.29) is 30.2 Å². The molecule has 1 amide bonds. The first kappa shape index (κ1) is 25.0. The maximum Gasteiger partial charge on any atom is 0.224 e. The molecule has 2 atom stereocenters. The molecule has 1 aliphatic heterocycles. The van der Waals surface area contributed by atoms with Gasteiger partial charge in [-0.2, -0.15) is 0 Å². The molecule has 0 unspecified atom stereocenters. The number of hydrogen-bond acceptors (Lipinski definition) is 3. The summed E-state index contributed by atoms with van der Waals surface area (Å²) in [6.45, 7) is 8.73. The Balaban J connectivity index is 1.68. The molecule has 5 nitrogen and oxygen atoms in total. The minimum atomic E-state index is -3.61. The Morgan fingerprint density at radius 2 is 1.81 bits per heavy atom. The fourth-order valence-electron chi connectivity index (χ4n) is 4.19. The molecule has 0 bridgehead atoms. The van der Waals surface area contributed by atoms with E-state index in [9.17, 15) is 13.2 Å². The van der Waals surface area contributed by atoms with Gasteiger partial charge in [0.05, 0.1) is 17.7 Å². The van der Waals surface area contributed by atoms with Gasteiger partial charge in [0.25, 0.3) is 0 Å². The lowest BCUT2D eigenvalue weighted by Gasteiger charge is -2.32. The fourth-order valence-corrected chi connectivity index (χ4v) is 6.39. The van der Waals surface area contributed by atoms with Crippen molar-refractivity contribution >= 4 is 39.1 Å². The van der Waals surface area contributed by atoms with Crippen molar-refractivity contribution in [3.8, 4) is 0 Å². The lowest BCUT2D eigenvalue weighted by Crippen LogP contribution is -2.46. The molecule has 1 N–H and O–H groups in total. The number of piperidine rings is 1. The van der Waals surface area contributed by atoms with Crippen LogP contribution in [0, 0.1) is 26.7 Å². The molecule has 1 fully saturated rings. The molecular formula is C24H30Cl2N2O3S. The lowest BCUT2D eigenvalue weighted by atomic mass is 9.95. The number of sulfonamides is 1. The van der Waals surface area contributed by atoms with Crippen molar-refractivity contribution in [3.63, 3.8) is 0 Å². The molecule has 8 heteroatoms. The minimum absolute atomic E-state index is 0.112. The fraction of sp³-hybridized carbons (Fsp3) is 0.458. The number of aryl methyl sites for hydroxylation is 3. The highest BCUT2D eigenvalue weighted by molar-refractivity contribution is 7.88. The van der Waals surface area contributed by atoms with Crippen LogP contribution >= 0.6 is 23.2 Å². The number of carbonyl (C=O) groups is 1. The maximum absolute atomic E-state index is 13.0. The highest BCUT2D eigenvalue weighted by Crippen LogP contribution is 2.27. The van der Waals surface area contributed by atoms with E-state index in [4.69, 9.17) is 23.2 Å². The van der Waals surface area contributed by atoms with Crippen LogP contribution in [0.15, 0.2) is 30.3 Å². The number of carbonyl (C=O) groups excluding carboxylic acids is 1. The Morgan fingerprint density at radius 1 is 1.12 bits per heavy atom. The van der Waals surface area contributed by atoms with Crippen LogP contribution in [-0.4, -0.2) is 31.7 Å². The van der Waals surface area contributed by atoms with Crippen LogP contribution in [-0.2, 0) is 20.6 Å². The van der Waals surface area contributed by atoms with Crippen molar-refractivity contribution in [3.05, 3.63) is 68.2 Å². The van der Waals surface area contributed by atoms with Crippen LogP contribution < -0.4 is 5.32 Å². The molecule has 2 aromatic carbocycles. The van der Waals surface area contributed by atoms with Crippen LogP contribution in [0.4, 0.5) is 0 Å². The number of nitrogens with zero attached hydrogens (tertiary/aromatic N) is 1. The smallest absolute Gasteiger partial charge is 0.224 e. The van der Waals surface area contributed by atoms with Crippen molar-refractivity contribution in [1.82, 2.24) is 9.62 Å². The second-order valence-corrected chi connectivity index (χ2v) is 11.5. The summed E-state index contributed by atoms with van der Waals surface area (Å²) >= 11 is 12.1. The van der Waals surface area contributed by atoms with Gasteiger partial charge in [-0.05, 0) is 80.5 Å². The number of hydrogen-bond donors (Lipinski definition) is 1. The standard InChI is InChI=1S/C24H30Cl2N2O3S/c1-15-10-17(3)22(11-16(15)2)18(4)27-24(29)19-6-5-9-28(13-19)32(30,31)14-20-7-8-21(25)12-23(20)26/h7-8,10-12,18-19H,5-6,9,13-14H2,1-4H3,(H,27,29)/t18-,19-/m1/s1. The summed E-state index contributed by atoms with van der Waals surface area (Å²) in [6.07, 6.45) is 1.31. The van der Waals surface area contributed by atoms with Gasteiger partial charge in [-0.1, -0.05) is 41.4 Å². The molecule has 0 saturated carbocycles. The van der Waals surface area contributed by atoms with Gasteiger partial charge in [0.15, 0.2) is 0 Å². The first-order valence-corrected chi connectivity index (χ1v) is 13.1. The second-order valence-electron chi connectivity index (χ2n) is 8.71. The number of benzene rings is 2. The summed E-state index contributed by atoms with van der Waals surface area (Å²) in [5.74, 6) is -0.705. The van der Waals surface area contributed by atoms with Gasteiger partial charge in [0.2, 0.25) is 15.9 Å². The molecule has 32 heavy (non-hydrogen) atoms. The van der Waals surface area contributed by atoms with E-state index in [1.165, 1.54) is 21.5 Å². The van der Waals surface area contributed by atoms with Crippen LogP contribution in [0.2, 0.25) is 10.0 Å². The minimum Gasteiger partial charge on any atom is -0.349 e. The average molecular weight is 497 g/mol. The van der Waals surface area contributed by atoms with Gasteiger partial charge >= 0.3 is 0 Å². The highest BCUT2D eigenvalue weighted by Gasteiger charge is 2.33. The van der Waals surface area contributed by atoms with Gasteiger partial charge in [0, 0.05) is 23.1 Å². The van der Waals surface area contributed by atoms with Crippen molar-refractivity contribution in [2.45, 2.75) is 52.3 Å². The van der Waals surface area contributed by atoms with E-state index in [1.807, 2.05) is 13.8 Å². The van der Waals surface area contributed by atoms with Gasteiger partial charge in [-0.15, -0.1) is 0 Å².